The predicted molar refractivity (Wildman–Crippen MR) is 71.3 cm³/mol. The van der Waals surface area contributed by atoms with Gasteiger partial charge >= 0.3 is 106 Å². The van der Waals surface area contributed by atoms with Gasteiger partial charge in [0, 0.05) is 0 Å². The van der Waals surface area contributed by atoms with Crippen molar-refractivity contribution in [3.8, 4) is 5.75 Å². The molecule has 2 rings (SSSR count). The summed E-state index contributed by atoms with van der Waals surface area (Å²) < 4.78 is 15.3. The van der Waals surface area contributed by atoms with Gasteiger partial charge in [-0.05, 0) is 0 Å². The number of benzene rings is 2. The van der Waals surface area contributed by atoms with E-state index in [4.69, 9.17) is 14.1 Å². The average Bonchev–Trinajstić information content (AvgIpc) is 2.42. The molecule has 0 aliphatic heterocycles. The molecule has 18 heavy (non-hydrogen) atoms. The zero-order chi connectivity index (χ0) is 12.8. The standard InChI is InChI=1S/C13H14BNO3/c1-16-9-18-13-8-11(15-14-17-2)7-10-5-3-4-6-12(10)13/h3-8H,9H2,1-2H3. The van der Waals surface area contributed by atoms with Gasteiger partial charge < -0.3 is 0 Å². The number of fused-ring (bicyclic) bond motifs is 1. The van der Waals surface area contributed by atoms with E-state index in [1.807, 2.05) is 36.4 Å². The van der Waals surface area contributed by atoms with Crippen LogP contribution >= 0.6 is 0 Å². The van der Waals surface area contributed by atoms with Crippen molar-refractivity contribution in [2.75, 3.05) is 21.0 Å². The van der Waals surface area contributed by atoms with Gasteiger partial charge in [0.25, 0.3) is 0 Å². The van der Waals surface area contributed by atoms with Crippen molar-refractivity contribution in [1.29, 1.82) is 0 Å². The van der Waals surface area contributed by atoms with Crippen molar-refractivity contribution in [3.63, 3.8) is 0 Å². The molecule has 4 nitrogen and oxygen atoms in total. The molecule has 0 fully saturated rings. The quantitative estimate of drug-likeness (QED) is 0.598. The van der Waals surface area contributed by atoms with Crippen LogP contribution in [0, 0.1) is 0 Å². The molecule has 92 valence electrons. The van der Waals surface area contributed by atoms with E-state index in [2.05, 4.69) is 4.90 Å². The Hall–Kier alpha value is -1.88. The Kier molecular flexibility index (Phi) is 4.31. The molecule has 0 radical (unpaired) electrons. The number of nitrogens with zero attached hydrogens (tertiary/aromatic N) is 1. The minimum atomic E-state index is 0.210. The third-order valence-electron chi connectivity index (χ3n) is 2.45. The van der Waals surface area contributed by atoms with Crippen LogP contribution < -0.4 is 4.74 Å². The first-order valence-corrected chi connectivity index (χ1v) is 5.55. The molecule has 0 aliphatic carbocycles. The van der Waals surface area contributed by atoms with Crippen molar-refractivity contribution >= 4 is 23.7 Å². The first-order valence-electron chi connectivity index (χ1n) is 5.55. The van der Waals surface area contributed by atoms with Crippen LogP contribution in [-0.4, -0.2) is 28.3 Å². The van der Waals surface area contributed by atoms with Crippen molar-refractivity contribution in [3.05, 3.63) is 36.4 Å². The van der Waals surface area contributed by atoms with Gasteiger partial charge in [0.15, 0.2) is 0 Å². The number of methoxy groups -OCH3 is 1. The maximum atomic E-state index is 5.55. The summed E-state index contributed by atoms with van der Waals surface area (Å²) in [7, 11) is 4.55. The Bertz CT molecular complexity index is 557. The summed E-state index contributed by atoms with van der Waals surface area (Å²) in [4.78, 5) is 4.18. The molecule has 0 unspecified atom stereocenters. The Morgan fingerprint density at radius 1 is 1.17 bits per heavy atom. The van der Waals surface area contributed by atoms with Crippen LogP contribution in [0.3, 0.4) is 0 Å². The third-order valence-corrected chi connectivity index (χ3v) is 2.45. The van der Waals surface area contributed by atoms with Gasteiger partial charge in [-0.3, -0.25) is 0 Å². The van der Waals surface area contributed by atoms with E-state index in [0.29, 0.717) is 0 Å². The van der Waals surface area contributed by atoms with Gasteiger partial charge in [0.2, 0.25) is 0 Å². The molecule has 0 saturated carbocycles. The van der Waals surface area contributed by atoms with Crippen LogP contribution in [0.2, 0.25) is 0 Å². The molecular formula is C13H14BNO3. The molecule has 2 aromatic carbocycles. The van der Waals surface area contributed by atoms with Crippen LogP contribution in [-0.2, 0) is 9.39 Å². The Labute approximate surface area is 106 Å². The molecule has 5 heteroatoms. The first-order chi connectivity index (χ1) is 8.85. The SMILES string of the molecule is COB=Nc1cc(OCOC)c2ccccc2c1. The van der Waals surface area contributed by atoms with Crippen molar-refractivity contribution in [2.24, 2.45) is 4.90 Å². The molecule has 0 amide bonds. The van der Waals surface area contributed by atoms with Gasteiger partial charge in [-0.2, -0.15) is 0 Å². The topological polar surface area (TPSA) is 40.0 Å². The van der Waals surface area contributed by atoms with E-state index in [1.165, 1.54) is 7.27 Å². The summed E-state index contributed by atoms with van der Waals surface area (Å²) >= 11 is 0. The number of hydrogen-bond donors (Lipinski definition) is 0. The molecule has 0 aromatic heterocycles. The molecule has 0 bridgehead atoms. The average molecular weight is 243 g/mol. The van der Waals surface area contributed by atoms with E-state index in [9.17, 15) is 0 Å². The molecule has 0 aliphatic rings. The van der Waals surface area contributed by atoms with Crippen LogP contribution in [0.4, 0.5) is 5.69 Å². The normalized spacial score (nSPS) is 10.6. The molecular weight excluding hydrogens is 229 g/mol. The number of hydrogen-bond acceptors (Lipinski definition) is 4. The molecule has 0 N–H and O–H groups in total. The van der Waals surface area contributed by atoms with Gasteiger partial charge in [-0.15, -0.1) is 0 Å². The van der Waals surface area contributed by atoms with Crippen LogP contribution in [0.25, 0.3) is 10.8 Å². The second kappa shape index (κ2) is 6.16. The molecule has 0 saturated heterocycles. The second-order valence-corrected chi connectivity index (χ2v) is 3.69. The van der Waals surface area contributed by atoms with Crippen molar-refractivity contribution < 1.29 is 14.1 Å². The monoisotopic (exact) mass is 243 g/mol. The first kappa shape index (κ1) is 12.6. The van der Waals surface area contributed by atoms with Crippen LogP contribution in [0.5, 0.6) is 5.75 Å². The van der Waals surface area contributed by atoms with Crippen molar-refractivity contribution in [1.82, 2.24) is 0 Å². The molecule has 2 aromatic rings. The van der Waals surface area contributed by atoms with E-state index in [-0.39, 0.29) is 6.79 Å². The number of ether oxygens (including phenoxy) is 2. The summed E-state index contributed by atoms with van der Waals surface area (Å²) in [6.45, 7) is 0.210. The zero-order valence-corrected chi connectivity index (χ0v) is 10.4. The fourth-order valence-corrected chi connectivity index (χ4v) is 1.69. The fraction of sp³-hybridized carbons (Fsp3) is 0.231. The predicted octanol–water partition coefficient (Wildman–Crippen LogP) is 2.90. The van der Waals surface area contributed by atoms with Crippen LogP contribution in [0.15, 0.2) is 41.3 Å². The van der Waals surface area contributed by atoms with E-state index >= 15 is 0 Å². The van der Waals surface area contributed by atoms with Crippen LogP contribution in [0.1, 0.15) is 0 Å². The fourth-order valence-electron chi connectivity index (χ4n) is 1.69. The molecule has 0 atom stereocenters. The van der Waals surface area contributed by atoms with Gasteiger partial charge in [0.05, 0.1) is 0 Å². The maximum absolute atomic E-state index is 5.55. The van der Waals surface area contributed by atoms with E-state index in [0.717, 1.165) is 22.2 Å². The second-order valence-electron chi connectivity index (χ2n) is 3.69. The summed E-state index contributed by atoms with van der Waals surface area (Å²) in [5, 5.41) is 2.10. The van der Waals surface area contributed by atoms with Crippen molar-refractivity contribution in [2.45, 2.75) is 0 Å². The summed E-state index contributed by atoms with van der Waals surface area (Å²) in [5.74, 6) is 0.748. The van der Waals surface area contributed by atoms with Gasteiger partial charge in [0.1, 0.15) is 0 Å². The Morgan fingerprint density at radius 2 is 2.00 bits per heavy atom. The summed E-state index contributed by atoms with van der Waals surface area (Å²) in [5.41, 5.74) is 0.779. The summed E-state index contributed by atoms with van der Waals surface area (Å²) in [6.07, 6.45) is 0. The third kappa shape index (κ3) is 2.87. The Morgan fingerprint density at radius 3 is 2.78 bits per heavy atom. The Balaban J connectivity index is 2.46. The zero-order valence-electron chi connectivity index (χ0n) is 10.4. The van der Waals surface area contributed by atoms with Gasteiger partial charge in [-0.25, -0.2) is 0 Å². The molecule has 0 heterocycles. The summed E-state index contributed by atoms with van der Waals surface area (Å²) in [6, 6.07) is 11.8. The van der Waals surface area contributed by atoms with Gasteiger partial charge in [-0.1, -0.05) is 0 Å². The van der Waals surface area contributed by atoms with E-state index in [1.54, 1.807) is 14.2 Å². The number of rotatable bonds is 5. The molecule has 0 spiro atoms. The van der Waals surface area contributed by atoms with E-state index < -0.39 is 0 Å². The minimum absolute atomic E-state index is 0.210.